The van der Waals surface area contributed by atoms with E-state index in [0.717, 1.165) is 13.1 Å². The van der Waals surface area contributed by atoms with Gasteiger partial charge in [0.1, 0.15) is 0 Å². The second-order valence-corrected chi connectivity index (χ2v) is 18.8. The van der Waals surface area contributed by atoms with Crippen LogP contribution in [-0.4, -0.2) is 75.4 Å². The van der Waals surface area contributed by atoms with Crippen molar-refractivity contribution in [3.05, 3.63) is 24.3 Å². The van der Waals surface area contributed by atoms with Gasteiger partial charge in [0.05, 0.1) is 53.4 Å². The molecule has 0 spiro atoms. The van der Waals surface area contributed by atoms with Crippen LogP contribution in [0.5, 0.6) is 0 Å². The number of hydrogen-bond acceptors (Lipinski definition) is 2. The maximum Gasteiger partial charge on any atom is 0.0822 e. The summed E-state index contributed by atoms with van der Waals surface area (Å²) in [5.74, 6) is 1.20. The Kier molecular flexibility index (Phi) is 38.7. The molecule has 4 heteroatoms. The van der Waals surface area contributed by atoms with E-state index in [0.29, 0.717) is 11.8 Å². The molecule has 0 aliphatic heterocycles. The maximum absolute atomic E-state index is 6.14. The van der Waals surface area contributed by atoms with Crippen molar-refractivity contribution in [2.75, 3.05) is 66.5 Å². The van der Waals surface area contributed by atoms with E-state index in [4.69, 9.17) is 11.5 Å². The predicted octanol–water partition coefficient (Wildman–Crippen LogP) is 13.9. The Morgan fingerprint density at radius 2 is 0.574 bits per heavy atom. The third-order valence-electron chi connectivity index (χ3n) is 12.4. The first kappa shape index (κ1) is 53.3. The largest absolute Gasteiger partial charge is 0.330 e. The van der Waals surface area contributed by atoms with Crippen LogP contribution in [0.1, 0.15) is 220 Å². The zero-order valence-corrected chi connectivity index (χ0v) is 38.4. The van der Waals surface area contributed by atoms with Crippen molar-refractivity contribution in [2.45, 2.75) is 220 Å². The van der Waals surface area contributed by atoms with Crippen LogP contribution >= 0.6 is 0 Å². The fourth-order valence-electron chi connectivity index (χ4n) is 8.71. The van der Waals surface area contributed by atoms with E-state index < -0.39 is 0 Å². The van der Waals surface area contributed by atoms with Gasteiger partial charge in [0.2, 0.25) is 0 Å². The highest BCUT2D eigenvalue weighted by Crippen LogP contribution is 2.19. The van der Waals surface area contributed by atoms with Gasteiger partial charge in [0.25, 0.3) is 0 Å². The van der Waals surface area contributed by atoms with Crippen molar-refractivity contribution in [3.8, 4) is 0 Å². The molecule has 0 aromatic carbocycles. The normalized spacial score (nSPS) is 15.6. The molecule has 322 valence electrons. The van der Waals surface area contributed by atoms with E-state index in [1.165, 1.54) is 241 Å². The topological polar surface area (TPSA) is 52.0 Å². The van der Waals surface area contributed by atoms with E-state index >= 15 is 0 Å². The molecule has 4 atom stereocenters. The number of hydrogen-bond donors (Lipinski definition) is 2. The lowest BCUT2D eigenvalue weighted by molar-refractivity contribution is -0.918. The number of unbranched alkanes of at least 4 members (excludes halogenated alkanes) is 25. The molecule has 0 amide bonds. The fraction of sp³-hybridized carbons (Fsp3) is 0.920. The summed E-state index contributed by atoms with van der Waals surface area (Å²) >= 11 is 0. The second-order valence-electron chi connectivity index (χ2n) is 18.8. The van der Waals surface area contributed by atoms with Crippen LogP contribution in [0.3, 0.4) is 0 Å². The molecule has 0 aromatic heterocycles. The van der Waals surface area contributed by atoms with Crippen LogP contribution in [0.15, 0.2) is 24.3 Å². The number of nitrogens with zero attached hydrogens (tertiary/aromatic N) is 2. The zero-order chi connectivity index (χ0) is 39.9. The number of nitrogens with two attached hydrogens (primary N) is 2. The number of rotatable bonds is 43. The van der Waals surface area contributed by atoms with Gasteiger partial charge in [0, 0.05) is 37.8 Å². The average Bonchev–Trinajstić information content (AvgIpc) is 3.16. The molecular weight excluding hydrogens is 657 g/mol. The quantitative estimate of drug-likeness (QED) is 0.0369. The summed E-state index contributed by atoms with van der Waals surface area (Å²) in [5, 5.41) is 0. The van der Waals surface area contributed by atoms with Gasteiger partial charge in [-0.1, -0.05) is 155 Å². The highest BCUT2D eigenvalue weighted by Gasteiger charge is 2.26. The van der Waals surface area contributed by atoms with Crippen LogP contribution in [0.4, 0.5) is 0 Å². The standard InChI is InChI=1S/C50H104N4/c1-7-9-11-13-15-17-19-21-23-25-27-29-31-33-35-37-41-53(5,47-49(3)45-51)43-39-40-44-54(6,48-50(4)46-52)42-38-36-34-32-30-28-26-24-22-20-18-16-14-12-10-8-2/h21-24,49-50H,7-20,25-48,51-52H2,1-6H3/q+2/b23-21-,24-22?. The molecule has 0 heterocycles. The molecule has 4 unspecified atom stereocenters. The molecule has 0 radical (unpaired) electrons. The summed E-state index contributed by atoms with van der Waals surface area (Å²) < 4.78 is 2.42. The van der Waals surface area contributed by atoms with Crippen molar-refractivity contribution >= 4 is 0 Å². The molecule has 4 N–H and O–H groups in total. The van der Waals surface area contributed by atoms with Gasteiger partial charge in [-0.05, 0) is 77.0 Å². The lowest BCUT2D eigenvalue weighted by atomic mass is 10.1. The molecule has 0 aliphatic carbocycles. The van der Waals surface area contributed by atoms with E-state index in [2.05, 4.69) is 66.1 Å². The summed E-state index contributed by atoms with van der Waals surface area (Å²) in [5.41, 5.74) is 12.3. The third kappa shape index (κ3) is 35.7. The first-order chi connectivity index (χ1) is 26.2. The Labute approximate surface area is 342 Å². The molecule has 0 rings (SSSR count). The molecule has 0 aromatic rings. The third-order valence-corrected chi connectivity index (χ3v) is 12.4. The van der Waals surface area contributed by atoms with Crippen LogP contribution < -0.4 is 11.5 Å². The second kappa shape index (κ2) is 39.2. The summed E-state index contributed by atoms with van der Waals surface area (Å²) in [6, 6.07) is 0. The molecular formula is C50H104N4+2. The molecule has 0 saturated carbocycles. The molecule has 0 saturated heterocycles. The first-order valence-corrected chi connectivity index (χ1v) is 24.6. The van der Waals surface area contributed by atoms with Crippen LogP contribution in [0.25, 0.3) is 0 Å². The van der Waals surface area contributed by atoms with Gasteiger partial charge >= 0.3 is 0 Å². The highest BCUT2D eigenvalue weighted by molar-refractivity contribution is 4.82. The molecule has 54 heavy (non-hydrogen) atoms. The van der Waals surface area contributed by atoms with Crippen molar-refractivity contribution in [1.82, 2.24) is 0 Å². The summed E-state index contributed by atoms with van der Waals surface area (Å²) in [6.07, 6.45) is 51.1. The Bertz CT molecular complexity index is 744. The van der Waals surface area contributed by atoms with Crippen LogP contribution in [-0.2, 0) is 0 Å². The van der Waals surface area contributed by atoms with Crippen molar-refractivity contribution in [3.63, 3.8) is 0 Å². The van der Waals surface area contributed by atoms with Crippen LogP contribution in [0, 0.1) is 11.8 Å². The smallest absolute Gasteiger partial charge is 0.0822 e. The van der Waals surface area contributed by atoms with Gasteiger partial charge < -0.3 is 20.4 Å². The first-order valence-electron chi connectivity index (χ1n) is 24.6. The number of quaternary nitrogens is 2. The zero-order valence-electron chi connectivity index (χ0n) is 38.4. The maximum atomic E-state index is 6.14. The molecule has 0 aliphatic rings. The molecule has 0 bridgehead atoms. The highest BCUT2D eigenvalue weighted by atomic mass is 15.3. The predicted molar refractivity (Wildman–Crippen MR) is 246 cm³/mol. The minimum atomic E-state index is 0.599. The summed E-state index contributed by atoms with van der Waals surface area (Å²) in [6.45, 7) is 18.6. The van der Waals surface area contributed by atoms with Gasteiger partial charge in [-0.15, -0.1) is 0 Å². The Morgan fingerprint density at radius 1 is 0.352 bits per heavy atom. The van der Waals surface area contributed by atoms with Crippen molar-refractivity contribution in [2.24, 2.45) is 23.3 Å². The van der Waals surface area contributed by atoms with Gasteiger partial charge in [-0.25, -0.2) is 0 Å². The minimum Gasteiger partial charge on any atom is -0.330 e. The average molecular weight is 761 g/mol. The lowest BCUT2D eigenvalue weighted by Crippen LogP contribution is -2.51. The monoisotopic (exact) mass is 761 g/mol. The Hall–Kier alpha value is -0.680. The SMILES string of the molecule is CCCCCCCCC=CCCCCCCCC[N+](C)(CCCC[N+](C)(CCCCCCCC/C=C\CCCCCCCC)CC(C)CN)CC(C)CN. The summed E-state index contributed by atoms with van der Waals surface area (Å²) in [7, 11) is 5.06. The molecule has 0 fully saturated rings. The van der Waals surface area contributed by atoms with Gasteiger partial charge in [-0.2, -0.15) is 0 Å². The minimum absolute atomic E-state index is 0.599. The van der Waals surface area contributed by atoms with E-state index in [9.17, 15) is 0 Å². The Balaban J connectivity index is 4.33. The lowest BCUT2D eigenvalue weighted by Gasteiger charge is -2.39. The van der Waals surface area contributed by atoms with Gasteiger partial charge in [0.15, 0.2) is 0 Å². The van der Waals surface area contributed by atoms with E-state index in [1.807, 2.05) is 0 Å². The Morgan fingerprint density at radius 3 is 0.833 bits per heavy atom. The van der Waals surface area contributed by atoms with E-state index in [-0.39, 0.29) is 0 Å². The van der Waals surface area contributed by atoms with Crippen molar-refractivity contribution in [1.29, 1.82) is 0 Å². The van der Waals surface area contributed by atoms with Gasteiger partial charge in [-0.3, -0.25) is 0 Å². The molecule has 4 nitrogen and oxygen atoms in total. The fourth-order valence-corrected chi connectivity index (χ4v) is 8.71. The van der Waals surface area contributed by atoms with Crippen molar-refractivity contribution < 1.29 is 8.97 Å². The van der Waals surface area contributed by atoms with Crippen LogP contribution in [0.2, 0.25) is 0 Å². The van der Waals surface area contributed by atoms with E-state index in [1.54, 1.807) is 0 Å². The number of allylic oxidation sites excluding steroid dienone is 4. The summed E-state index contributed by atoms with van der Waals surface area (Å²) in [4.78, 5) is 0.